The van der Waals surface area contributed by atoms with Crippen LogP contribution >= 0.6 is 0 Å². The summed E-state index contributed by atoms with van der Waals surface area (Å²) in [6.45, 7) is 0. The normalized spacial score (nSPS) is 12.1. The average molecular weight is 392 g/mol. The first-order valence-corrected chi connectivity index (χ1v) is 9.53. The van der Waals surface area contributed by atoms with Gasteiger partial charge in [-0.1, -0.05) is 60.7 Å². The standard InChI is InChI=1S/C26H16O4/c27-25-19-13-7-15-21(29-17-9-3-1-4-10-17)23(19)26(28)24-20(25)14-8-16-22(24)30-18-11-5-2-6-12-18/h1-16H. The van der Waals surface area contributed by atoms with E-state index in [0.717, 1.165) is 0 Å². The molecule has 0 unspecified atom stereocenters. The molecule has 5 rings (SSSR count). The number of rotatable bonds is 4. The lowest BCUT2D eigenvalue weighted by Gasteiger charge is -2.22. The van der Waals surface area contributed by atoms with Gasteiger partial charge in [0, 0.05) is 11.1 Å². The summed E-state index contributed by atoms with van der Waals surface area (Å²) < 4.78 is 11.9. The number of fused-ring (bicyclic) bond motifs is 2. The monoisotopic (exact) mass is 392 g/mol. The third-order valence-electron chi connectivity index (χ3n) is 4.94. The molecule has 0 heterocycles. The van der Waals surface area contributed by atoms with Crippen LogP contribution in [0.15, 0.2) is 97.1 Å². The molecule has 30 heavy (non-hydrogen) atoms. The summed E-state index contributed by atoms with van der Waals surface area (Å²) in [5.74, 6) is 1.35. The number of carbonyl (C=O) groups excluding carboxylic acids is 2. The summed E-state index contributed by atoms with van der Waals surface area (Å²) in [6, 6.07) is 28.5. The lowest BCUT2D eigenvalue weighted by molar-refractivity contribution is 0.0975. The maximum atomic E-state index is 13.6. The third kappa shape index (κ3) is 3.05. The maximum Gasteiger partial charge on any atom is 0.202 e. The minimum Gasteiger partial charge on any atom is -0.457 e. The topological polar surface area (TPSA) is 52.6 Å². The Kier molecular flexibility index (Phi) is 4.37. The Morgan fingerprint density at radius 2 is 0.867 bits per heavy atom. The predicted octanol–water partition coefficient (Wildman–Crippen LogP) is 6.05. The van der Waals surface area contributed by atoms with E-state index in [2.05, 4.69) is 0 Å². The zero-order valence-electron chi connectivity index (χ0n) is 15.9. The molecule has 4 aromatic carbocycles. The van der Waals surface area contributed by atoms with E-state index < -0.39 is 0 Å². The Labute approximate surface area is 173 Å². The zero-order chi connectivity index (χ0) is 20.5. The van der Waals surface area contributed by atoms with Crippen LogP contribution < -0.4 is 9.47 Å². The molecule has 144 valence electrons. The van der Waals surface area contributed by atoms with E-state index in [4.69, 9.17) is 9.47 Å². The minimum absolute atomic E-state index is 0.225. The lowest BCUT2D eigenvalue weighted by atomic mass is 9.83. The van der Waals surface area contributed by atoms with E-state index in [9.17, 15) is 9.59 Å². The van der Waals surface area contributed by atoms with Gasteiger partial charge >= 0.3 is 0 Å². The van der Waals surface area contributed by atoms with Crippen molar-refractivity contribution in [2.24, 2.45) is 0 Å². The van der Waals surface area contributed by atoms with Gasteiger partial charge in [0.2, 0.25) is 5.78 Å². The van der Waals surface area contributed by atoms with Gasteiger partial charge in [-0.2, -0.15) is 0 Å². The number of hydrogen-bond acceptors (Lipinski definition) is 4. The van der Waals surface area contributed by atoms with E-state index in [1.54, 1.807) is 60.7 Å². The van der Waals surface area contributed by atoms with E-state index in [1.807, 2.05) is 36.4 Å². The highest BCUT2D eigenvalue weighted by Gasteiger charge is 2.35. The van der Waals surface area contributed by atoms with E-state index in [1.165, 1.54) is 0 Å². The zero-order valence-corrected chi connectivity index (χ0v) is 15.9. The highest BCUT2D eigenvalue weighted by molar-refractivity contribution is 6.30. The second-order valence-electron chi connectivity index (χ2n) is 6.85. The van der Waals surface area contributed by atoms with Gasteiger partial charge in [0.25, 0.3) is 0 Å². The first-order chi connectivity index (χ1) is 14.7. The van der Waals surface area contributed by atoms with Crippen molar-refractivity contribution in [3.63, 3.8) is 0 Å². The van der Waals surface area contributed by atoms with Gasteiger partial charge in [0.15, 0.2) is 5.78 Å². The van der Waals surface area contributed by atoms with Crippen molar-refractivity contribution >= 4 is 11.6 Å². The van der Waals surface area contributed by atoms with Crippen LogP contribution in [-0.2, 0) is 0 Å². The number of para-hydroxylation sites is 2. The lowest BCUT2D eigenvalue weighted by Crippen LogP contribution is -2.22. The highest BCUT2D eigenvalue weighted by Crippen LogP contribution is 2.39. The molecule has 0 amide bonds. The van der Waals surface area contributed by atoms with Crippen molar-refractivity contribution in [3.05, 3.63) is 119 Å². The highest BCUT2D eigenvalue weighted by atomic mass is 16.5. The quantitative estimate of drug-likeness (QED) is 0.374. The largest absolute Gasteiger partial charge is 0.457 e. The van der Waals surface area contributed by atoms with Gasteiger partial charge in [0.1, 0.15) is 23.0 Å². The Morgan fingerprint density at radius 3 is 1.30 bits per heavy atom. The minimum atomic E-state index is -0.294. The van der Waals surface area contributed by atoms with Crippen molar-refractivity contribution in [1.82, 2.24) is 0 Å². The number of ether oxygens (including phenoxy) is 2. The molecule has 0 fully saturated rings. The average Bonchev–Trinajstić information content (AvgIpc) is 2.79. The van der Waals surface area contributed by atoms with Crippen molar-refractivity contribution < 1.29 is 19.1 Å². The molecule has 0 aromatic heterocycles. The summed E-state index contributed by atoms with van der Waals surface area (Å²) in [7, 11) is 0. The third-order valence-corrected chi connectivity index (χ3v) is 4.94. The molecule has 1 aliphatic rings. The fraction of sp³-hybridized carbons (Fsp3) is 0. The molecule has 0 saturated heterocycles. The smallest absolute Gasteiger partial charge is 0.202 e. The molecule has 4 heteroatoms. The molecule has 4 nitrogen and oxygen atoms in total. The predicted molar refractivity (Wildman–Crippen MR) is 113 cm³/mol. The van der Waals surface area contributed by atoms with Gasteiger partial charge in [0.05, 0.1) is 11.1 Å². The van der Waals surface area contributed by atoms with Crippen LogP contribution in [0.1, 0.15) is 31.8 Å². The molecule has 0 spiro atoms. The summed E-state index contributed by atoms with van der Waals surface area (Å²) in [5.41, 5.74) is 1.17. The Bertz CT molecular complexity index is 1160. The van der Waals surface area contributed by atoms with Crippen molar-refractivity contribution in [2.75, 3.05) is 0 Å². The molecule has 0 atom stereocenters. The van der Waals surface area contributed by atoms with E-state index in [-0.39, 0.29) is 22.7 Å². The van der Waals surface area contributed by atoms with Gasteiger partial charge in [-0.3, -0.25) is 9.59 Å². The van der Waals surface area contributed by atoms with Gasteiger partial charge in [-0.15, -0.1) is 0 Å². The number of carbonyl (C=O) groups is 2. The summed E-state index contributed by atoms with van der Waals surface area (Å²) >= 11 is 0. The molecule has 0 aliphatic heterocycles. The number of hydrogen-bond donors (Lipinski definition) is 0. The van der Waals surface area contributed by atoms with Crippen LogP contribution in [0.25, 0.3) is 0 Å². The van der Waals surface area contributed by atoms with Gasteiger partial charge < -0.3 is 9.47 Å². The molecule has 0 N–H and O–H groups in total. The van der Waals surface area contributed by atoms with Gasteiger partial charge in [-0.05, 0) is 36.4 Å². The molecule has 1 aliphatic carbocycles. The first-order valence-electron chi connectivity index (χ1n) is 9.53. The number of benzene rings is 4. The molecule has 0 saturated carbocycles. The second kappa shape index (κ2) is 7.33. The molecule has 0 bridgehead atoms. The first kappa shape index (κ1) is 17.9. The van der Waals surface area contributed by atoms with Crippen molar-refractivity contribution in [3.8, 4) is 23.0 Å². The fourth-order valence-corrected chi connectivity index (χ4v) is 3.58. The van der Waals surface area contributed by atoms with Crippen LogP contribution in [0.3, 0.4) is 0 Å². The van der Waals surface area contributed by atoms with Crippen LogP contribution in [0.4, 0.5) is 0 Å². The van der Waals surface area contributed by atoms with Gasteiger partial charge in [-0.25, -0.2) is 0 Å². The molecule has 0 radical (unpaired) electrons. The van der Waals surface area contributed by atoms with E-state index in [0.29, 0.717) is 34.1 Å². The van der Waals surface area contributed by atoms with Crippen LogP contribution in [0, 0.1) is 0 Å². The summed E-state index contributed by atoms with van der Waals surface area (Å²) in [5, 5.41) is 0. The van der Waals surface area contributed by atoms with Crippen molar-refractivity contribution in [2.45, 2.75) is 0 Å². The molecular weight excluding hydrogens is 376 g/mol. The Hall–Kier alpha value is -4.18. The summed E-state index contributed by atoms with van der Waals surface area (Å²) in [6.07, 6.45) is 0. The van der Waals surface area contributed by atoms with Crippen molar-refractivity contribution in [1.29, 1.82) is 0 Å². The van der Waals surface area contributed by atoms with Crippen LogP contribution in [-0.4, -0.2) is 11.6 Å². The second-order valence-corrected chi connectivity index (χ2v) is 6.85. The van der Waals surface area contributed by atoms with Crippen LogP contribution in [0.5, 0.6) is 23.0 Å². The molecule has 4 aromatic rings. The number of ketones is 2. The Morgan fingerprint density at radius 1 is 0.433 bits per heavy atom. The maximum absolute atomic E-state index is 13.6. The van der Waals surface area contributed by atoms with Crippen LogP contribution in [0.2, 0.25) is 0 Å². The Balaban J connectivity index is 1.62. The van der Waals surface area contributed by atoms with E-state index >= 15 is 0 Å². The fourth-order valence-electron chi connectivity index (χ4n) is 3.58. The SMILES string of the molecule is O=C1c2cccc(Oc3ccccc3)c2C(=O)c2c(Oc3ccccc3)cccc21. The molecular formula is C26H16O4. The summed E-state index contributed by atoms with van der Waals surface area (Å²) in [4.78, 5) is 26.8.